The SMILES string of the molecule is Cc1cccc2cccc(N3CCc4c(nc(OC[C@@H]5CCN(C)C5)nc4N4CCN(C(=O)C#CCF)[C@@H](CC#N)C4)C3)c12. The predicted molar refractivity (Wildman–Crippen MR) is 168 cm³/mol. The van der Waals surface area contributed by atoms with Gasteiger partial charge in [-0.2, -0.15) is 15.2 Å². The molecule has 1 aromatic heterocycles. The van der Waals surface area contributed by atoms with E-state index in [1.54, 1.807) is 4.90 Å². The molecule has 0 aliphatic carbocycles. The van der Waals surface area contributed by atoms with Crippen molar-refractivity contribution in [3.8, 4) is 23.9 Å². The third-order valence-corrected chi connectivity index (χ3v) is 9.02. The molecule has 2 saturated heterocycles. The molecule has 2 fully saturated rings. The molecule has 1 amide bonds. The third kappa shape index (κ3) is 6.13. The Hall–Kier alpha value is -4.41. The van der Waals surface area contributed by atoms with Crippen LogP contribution in [0.1, 0.15) is 29.7 Å². The van der Waals surface area contributed by atoms with Crippen LogP contribution in [0.3, 0.4) is 0 Å². The van der Waals surface area contributed by atoms with Crippen LogP contribution in [-0.2, 0) is 17.8 Å². The minimum absolute atomic E-state index is 0.152. The highest BCUT2D eigenvalue weighted by molar-refractivity contribution is 5.97. The number of piperazine rings is 1. The fraction of sp³-hybridized carbons (Fsp3) is 0.471. The van der Waals surface area contributed by atoms with Crippen molar-refractivity contribution in [1.82, 2.24) is 19.8 Å². The summed E-state index contributed by atoms with van der Waals surface area (Å²) >= 11 is 0. The number of alkyl halides is 1. The van der Waals surface area contributed by atoms with Gasteiger partial charge in [-0.1, -0.05) is 36.3 Å². The lowest BCUT2D eigenvalue weighted by Crippen LogP contribution is -2.55. The Balaban J connectivity index is 1.32. The zero-order valence-corrected chi connectivity index (χ0v) is 25.4. The second-order valence-corrected chi connectivity index (χ2v) is 12.0. The fourth-order valence-corrected chi connectivity index (χ4v) is 6.82. The minimum Gasteiger partial charge on any atom is -0.463 e. The summed E-state index contributed by atoms with van der Waals surface area (Å²) in [6.07, 6.45) is 1.99. The lowest BCUT2D eigenvalue weighted by molar-refractivity contribution is -0.127. The maximum atomic E-state index is 12.7. The van der Waals surface area contributed by atoms with Gasteiger partial charge in [0, 0.05) is 55.3 Å². The number of amides is 1. The number of anilines is 2. The summed E-state index contributed by atoms with van der Waals surface area (Å²) in [5, 5.41) is 12.0. The number of nitrogens with zero attached hydrogens (tertiary/aromatic N) is 7. The Bertz CT molecular complexity index is 1640. The molecule has 0 spiro atoms. The highest BCUT2D eigenvalue weighted by atomic mass is 19.1. The van der Waals surface area contributed by atoms with E-state index in [1.165, 1.54) is 22.0 Å². The monoisotopic (exact) mass is 595 g/mol. The molecule has 0 unspecified atom stereocenters. The predicted octanol–water partition coefficient (Wildman–Crippen LogP) is 3.74. The standard InChI is InChI=1S/C34H38FN7O2/c1-24-6-3-7-26-8-4-9-30(32(24)26)40-17-13-28-29(22-40)37-34(44-23-25-12-16-39(2)20-25)38-33(28)41-18-19-42(27(21-41)11-15-36)31(43)10-5-14-35/h3-4,6-9,25,27H,11-14,16-23H2,1-2H3/t25-,27+/m1/s1. The van der Waals surface area contributed by atoms with Gasteiger partial charge in [0.05, 0.1) is 37.4 Å². The zero-order valence-electron chi connectivity index (χ0n) is 25.4. The van der Waals surface area contributed by atoms with Crippen LogP contribution in [0, 0.1) is 36.0 Å². The molecule has 3 aliphatic heterocycles. The van der Waals surface area contributed by atoms with Gasteiger partial charge in [0.25, 0.3) is 5.91 Å². The van der Waals surface area contributed by atoms with Gasteiger partial charge in [0.2, 0.25) is 0 Å². The van der Waals surface area contributed by atoms with E-state index in [9.17, 15) is 14.4 Å². The smallest absolute Gasteiger partial charge is 0.318 e. The average molecular weight is 596 g/mol. The first-order valence-electron chi connectivity index (χ1n) is 15.4. The number of benzene rings is 2. The van der Waals surface area contributed by atoms with Crippen molar-refractivity contribution in [1.29, 1.82) is 5.26 Å². The number of hydrogen-bond donors (Lipinski definition) is 0. The molecule has 3 aliphatic rings. The molecule has 10 heteroatoms. The first kappa shape index (κ1) is 29.7. The molecule has 6 rings (SSSR count). The van der Waals surface area contributed by atoms with Gasteiger partial charge in [0.1, 0.15) is 5.82 Å². The minimum atomic E-state index is -0.878. The van der Waals surface area contributed by atoms with Crippen LogP contribution in [-0.4, -0.2) is 91.3 Å². The molecule has 228 valence electrons. The molecule has 3 aromatic rings. The number of hydrogen-bond acceptors (Lipinski definition) is 8. The fourth-order valence-electron chi connectivity index (χ4n) is 6.82. The molecular weight excluding hydrogens is 557 g/mol. The Morgan fingerprint density at radius 2 is 1.93 bits per heavy atom. The van der Waals surface area contributed by atoms with Crippen LogP contribution >= 0.6 is 0 Å². The summed E-state index contributed by atoms with van der Waals surface area (Å²) in [4.78, 5) is 31.1. The average Bonchev–Trinajstić information content (AvgIpc) is 3.46. The van der Waals surface area contributed by atoms with E-state index in [1.807, 2.05) is 0 Å². The van der Waals surface area contributed by atoms with E-state index >= 15 is 0 Å². The Morgan fingerprint density at radius 3 is 2.70 bits per heavy atom. The summed E-state index contributed by atoms with van der Waals surface area (Å²) < 4.78 is 18.9. The van der Waals surface area contributed by atoms with Crippen LogP contribution < -0.4 is 14.5 Å². The lowest BCUT2D eigenvalue weighted by atomic mass is 9.99. The van der Waals surface area contributed by atoms with E-state index < -0.39 is 12.6 Å². The number of nitriles is 1. The van der Waals surface area contributed by atoms with Gasteiger partial charge in [0.15, 0.2) is 6.67 Å². The summed E-state index contributed by atoms with van der Waals surface area (Å²) in [6, 6.07) is 15.1. The van der Waals surface area contributed by atoms with Crippen molar-refractivity contribution >= 4 is 28.2 Å². The van der Waals surface area contributed by atoms with E-state index in [0.29, 0.717) is 44.7 Å². The second kappa shape index (κ2) is 13.1. The van der Waals surface area contributed by atoms with Crippen LogP contribution in [0.25, 0.3) is 10.8 Å². The van der Waals surface area contributed by atoms with Crippen molar-refractivity contribution in [3.63, 3.8) is 0 Å². The molecule has 2 aromatic carbocycles. The third-order valence-electron chi connectivity index (χ3n) is 9.02. The maximum Gasteiger partial charge on any atom is 0.318 e. The van der Waals surface area contributed by atoms with Crippen LogP contribution in [0.2, 0.25) is 0 Å². The number of ether oxygens (including phenoxy) is 1. The largest absolute Gasteiger partial charge is 0.463 e. The number of likely N-dealkylation sites (tertiary alicyclic amines) is 1. The van der Waals surface area contributed by atoms with Crippen molar-refractivity contribution in [2.75, 3.05) is 69.4 Å². The number of rotatable bonds is 6. The number of carbonyl (C=O) groups excluding carboxylic acids is 1. The number of aryl methyl sites for hydroxylation is 1. The van der Waals surface area contributed by atoms with Gasteiger partial charge < -0.3 is 24.3 Å². The van der Waals surface area contributed by atoms with Gasteiger partial charge in [-0.05, 0) is 56.3 Å². The summed E-state index contributed by atoms with van der Waals surface area (Å²) in [5.41, 5.74) is 4.46. The van der Waals surface area contributed by atoms with Gasteiger partial charge in [-0.3, -0.25) is 4.79 Å². The van der Waals surface area contributed by atoms with Gasteiger partial charge in [-0.25, -0.2) is 4.39 Å². The molecule has 9 nitrogen and oxygen atoms in total. The van der Waals surface area contributed by atoms with Crippen LogP contribution in [0.4, 0.5) is 15.9 Å². The van der Waals surface area contributed by atoms with Gasteiger partial charge >= 0.3 is 6.01 Å². The molecule has 44 heavy (non-hydrogen) atoms. The van der Waals surface area contributed by atoms with Crippen LogP contribution in [0.5, 0.6) is 6.01 Å². The number of fused-ring (bicyclic) bond motifs is 2. The second-order valence-electron chi connectivity index (χ2n) is 12.0. The highest BCUT2D eigenvalue weighted by Gasteiger charge is 2.34. The summed E-state index contributed by atoms with van der Waals surface area (Å²) in [5.74, 6) is 5.38. The van der Waals surface area contributed by atoms with Crippen LogP contribution in [0.15, 0.2) is 36.4 Å². The number of halogens is 1. The van der Waals surface area contributed by atoms with E-state index in [4.69, 9.17) is 14.7 Å². The topological polar surface area (TPSA) is 88.8 Å². The zero-order chi connectivity index (χ0) is 30.6. The van der Waals surface area contributed by atoms with Crippen molar-refractivity contribution in [3.05, 3.63) is 53.2 Å². The van der Waals surface area contributed by atoms with Crippen molar-refractivity contribution < 1.29 is 13.9 Å². The summed E-state index contributed by atoms with van der Waals surface area (Å²) in [6.45, 7) is 6.64. The number of carbonyl (C=O) groups is 1. The molecule has 0 N–H and O–H groups in total. The number of aromatic nitrogens is 2. The van der Waals surface area contributed by atoms with Crippen molar-refractivity contribution in [2.45, 2.75) is 38.8 Å². The first-order chi connectivity index (χ1) is 21.4. The molecule has 0 saturated carbocycles. The molecule has 2 atom stereocenters. The Labute approximate surface area is 258 Å². The first-order valence-corrected chi connectivity index (χ1v) is 15.4. The Kier molecular flexibility index (Phi) is 8.81. The Morgan fingerprint density at radius 1 is 1.09 bits per heavy atom. The normalized spacial score (nSPS) is 20.2. The van der Waals surface area contributed by atoms with Crippen molar-refractivity contribution in [2.24, 2.45) is 5.92 Å². The molecule has 0 bridgehead atoms. The van der Waals surface area contributed by atoms with Gasteiger partial charge in [-0.15, -0.1) is 0 Å². The van der Waals surface area contributed by atoms with E-state index in [-0.39, 0.29) is 12.5 Å². The molecule has 4 heterocycles. The molecular formula is C34H38FN7O2. The van der Waals surface area contributed by atoms with E-state index in [0.717, 1.165) is 49.6 Å². The lowest BCUT2D eigenvalue weighted by Gasteiger charge is -2.41. The summed E-state index contributed by atoms with van der Waals surface area (Å²) in [7, 11) is 2.13. The highest BCUT2D eigenvalue weighted by Crippen LogP contribution is 2.36. The molecule has 0 radical (unpaired) electrons. The maximum absolute atomic E-state index is 12.7. The quantitative estimate of drug-likeness (QED) is 0.399. The van der Waals surface area contributed by atoms with E-state index in [2.05, 4.69) is 83.0 Å².